The molecule has 0 aromatic heterocycles. The molecule has 2 rings (SSSR count). The van der Waals surface area contributed by atoms with Gasteiger partial charge in [-0.05, 0) is 30.3 Å². The zero-order valence-electron chi connectivity index (χ0n) is 10.5. The van der Waals surface area contributed by atoms with E-state index in [-0.39, 0.29) is 33.6 Å². The number of carbonyl (C=O) groups is 1. The molecule has 5 nitrogen and oxygen atoms in total. The smallest absolute Gasteiger partial charge is 0.343 e. The number of carbonyl (C=O) groups excluding carboxylic acids is 1. The second-order valence-corrected chi connectivity index (χ2v) is 4.30. The van der Waals surface area contributed by atoms with Crippen molar-refractivity contribution in [1.82, 2.24) is 0 Å². The number of hydrogen-bond acceptors (Lipinski definition) is 5. The van der Waals surface area contributed by atoms with Gasteiger partial charge in [0, 0.05) is 6.07 Å². The highest BCUT2D eigenvalue weighted by atomic mass is 35.5. The number of esters is 1. The van der Waals surface area contributed by atoms with Gasteiger partial charge in [0.1, 0.15) is 11.5 Å². The minimum atomic E-state index is -0.657. The van der Waals surface area contributed by atoms with Crippen LogP contribution < -0.4 is 9.47 Å². The third kappa shape index (κ3) is 2.95. The van der Waals surface area contributed by atoms with Gasteiger partial charge >= 0.3 is 5.97 Å². The summed E-state index contributed by atoms with van der Waals surface area (Å²) in [4.78, 5) is 12.0. The van der Waals surface area contributed by atoms with Crippen molar-refractivity contribution in [3.63, 3.8) is 0 Å². The number of hydrogen-bond donors (Lipinski definition) is 2. The van der Waals surface area contributed by atoms with E-state index in [9.17, 15) is 15.0 Å². The average molecular weight is 295 g/mol. The molecule has 2 aromatic carbocycles. The fourth-order valence-electron chi connectivity index (χ4n) is 1.54. The summed E-state index contributed by atoms with van der Waals surface area (Å²) in [5.74, 6) is -0.471. The first kappa shape index (κ1) is 14.0. The SMILES string of the molecule is COc1cc(C(=O)Oc2ccc(O)cc2Cl)ccc1O. The zero-order chi connectivity index (χ0) is 14.7. The molecule has 0 heterocycles. The molecule has 0 fully saturated rings. The second-order valence-electron chi connectivity index (χ2n) is 3.89. The van der Waals surface area contributed by atoms with Gasteiger partial charge in [-0.3, -0.25) is 0 Å². The molecule has 0 aliphatic heterocycles. The molecule has 0 aliphatic rings. The maximum atomic E-state index is 12.0. The summed E-state index contributed by atoms with van der Waals surface area (Å²) in [6, 6.07) is 8.08. The molecule has 0 saturated carbocycles. The standard InChI is InChI=1S/C14H11ClO5/c1-19-13-6-8(2-4-11(13)17)14(18)20-12-5-3-9(16)7-10(12)15/h2-7,16-17H,1H3. The molecule has 104 valence electrons. The third-order valence-electron chi connectivity index (χ3n) is 2.53. The molecule has 2 N–H and O–H groups in total. The maximum absolute atomic E-state index is 12.0. The molecular formula is C14H11ClO5. The van der Waals surface area contributed by atoms with E-state index in [0.717, 1.165) is 0 Å². The van der Waals surface area contributed by atoms with Crippen molar-refractivity contribution in [1.29, 1.82) is 0 Å². The molecule has 2 aromatic rings. The van der Waals surface area contributed by atoms with Crippen LogP contribution in [0.4, 0.5) is 0 Å². The lowest BCUT2D eigenvalue weighted by atomic mass is 10.2. The molecular weight excluding hydrogens is 284 g/mol. The molecule has 0 saturated heterocycles. The van der Waals surface area contributed by atoms with Crippen LogP contribution >= 0.6 is 11.6 Å². The number of benzene rings is 2. The first-order valence-corrected chi connectivity index (χ1v) is 5.96. The maximum Gasteiger partial charge on any atom is 0.343 e. The number of rotatable bonds is 3. The highest BCUT2D eigenvalue weighted by molar-refractivity contribution is 6.32. The van der Waals surface area contributed by atoms with E-state index in [1.54, 1.807) is 0 Å². The Hall–Kier alpha value is -2.40. The van der Waals surface area contributed by atoms with Gasteiger partial charge in [-0.2, -0.15) is 0 Å². The Morgan fingerprint density at radius 1 is 1.10 bits per heavy atom. The summed E-state index contributed by atoms with van der Waals surface area (Å²) in [5.41, 5.74) is 0.198. The molecule has 0 radical (unpaired) electrons. The summed E-state index contributed by atoms with van der Waals surface area (Å²) in [7, 11) is 1.38. The van der Waals surface area contributed by atoms with Crippen LogP contribution in [0.3, 0.4) is 0 Å². The fourth-order valence-corrected chi connectivity index (χ4v) is 1.75. The molecule has 20 heavy (non-hydrogen) atoms. The molecule has 6 heteroatoms. The Morgan fingerprint density at radius 2 is 1.85 bits per heavy atom. The predicted octanol–water partition coefficient (Wildman–Crippen LogP) is 2.98. The number of phenolic OH excluding ortho intramolecular Hbond substituents is 2. The van der Waals surface area contributed by atoms with Gasteiger partial charge in [0.2, 0.25) is 0 Å². The Labute approximate surface area is 119 Å². The Kier molecular flexibility index (Phi) is 4.00. The van der Waals surface area contributed by atoms with Crippen LogP contribution in [0.2, 0.25) is 5.02 Å². The third-order valence-corrected chi connectivity index (χ3v) is 2.83. The minimum absolute atomic E-state index is 0.0268. The van der Waals surface area contributed by atoms with E-state index in [4.69, 9.17) is 21.1 Å². The topological polar surface area (TPSA) is 76.0 Å². The van der Waals surface area contributed by atoms with E-state index in [1.807, 2.05) is 0 Å². The summed E-state index contributed by atoms with van der Waals surface area (Å²) in [6.45, 7) is 0. The fraction of sp³-hybridized carbons (Fsp3) is 0.0714. The Morgan fingerprint density at radius 3 is 2.50 bits per heavy atom. The lowest BCUT2D eigenvalue weighted by molar-refractivity contribution is 0.0734. The Balaban J connectivity index is 2.24. The van der Waals surface area contributed by atoms with Crippen LogP contribution in [-0.4, -0.2) is 23.3 Å². The zero-order valence-corrected chi connectivity index (χ0v) is 11.2. The van der Waals surface area contributed by atoms with Crippen molar-refractivity contribution in [3.05, 3.63) is 47.0 Å². The monoisotopic (exact) mass is 294 g/mol. The van der Waals surface area contributed by atoms with Crippen LogP contribution in [0, 0.1) is 0 Å². The van der Waals surface area contributed by atoms with E-state index in [2.05, 4.69) is 0 Å². The quantitative estimate of drug-likeness (QED) is 0.672. The van der Waals surface area contributed by atoms with Crippen LogP contribution in [0.25, 0.3) is 0 Å². The van der Waals surface area contributed by atoms with Gasteiger partial charge in [-0.1, -0.05) is 11.6 Å². The first-order valence-electron chi connectivity index (χ1n) is 5.59. The molecule has 0 atom stereocenters. The van der Waals surface area contributed by atoms with Crippen molar-refractivity contribution in [2.24, 2.45) is 0 Å². The second kappa shape index (κ2) is 5.71. The van der Waals surface area contributed by atoms with Crippen LogP contribution in [-0.2, 0) is 0 Å². The first-order chi connectivity index (χ1) is 9.51. The lowest BCUT2D eigenvalue weighted by Gasteiger charge is -2.08. The van der Waals surface area contributed by atoms with Crippen molar-refractivity contribution >= 4 is 17.6 Å². The normalized spacial score (nSPS) is 10.1. The predicted molar refractivity (Wildman–Crippen MR) is 72.7 cm³/mol. The van der Waals surface area contributed by atoms with Crippen LogP contribution in [0.15, 0.2) is 36.4 Å². The van der Waals surface area contributed by atoms with Crippen LogP contribution in [0.5, 0.6) is 23.0 Å². The van der Waals surface area contributed by atoms with E-state index >= 15 is 0 Å². The number of aromatic hydroxyl groups is 2. The van der Waals surface area contributed by atoms with Crippen molar-refractivity contribution in [3.8, 4) is 23.0 Å². The average Bonchev–Trinajstić information content (AvgIpc) is 2.42. The van der Waals surface area contributed by atoms with E-state index < -0.39 is 5.97 Å². The van der Waals surface area contributed by atoms with Gasteiger partial charge in [0.15, 0.2) is 11.5 Å². The summed E-state index contributed by atoms with van der Waals surface area (Å²) in [5, 5.41) is 18.8. The molecule has 0 bridgehead atoms. The summed E-state index contributed by atoms with van der Waals surface area (Å²) < 4.78 is 10.0. The molecule has 0 amide bonds. The largest absolute Gasteiger partial charge is 0.508 e. The van der Waals surface area contributed by atoms with Gasteiger partial charge in [-0.25, -0.2) is 4.79 Å². The number of ether oxygens (including phenoxy) is 2. The van der Waals surface area contributed by atoms with E-state index in [0.29, 0.717) is 0 Å². The number of halogens is 1. The van der Waals surface area contributed by atoms with Gasteiger partial charge in [0.25, 0.3) is 0 Å². The molecule has 0 aliphatic carbocycles. The highest BCUT2D eigenvalue weighted by Crippen LogP contribution is 2.30. The summed E-state index contributed by atoms with van der Waals surface area (Å²) >= 11 is 5.84. The highest BCUT2D eigenvalue weighted by Gasteiger charge is 2.14. The lowest BCUT2D eigenvalue weighted by Crippen LogP contribution is -2.08. The Bertz CT molecular complexity index is 654. The molecule has 0 unspecified atom stereocenters. The van der Waals surface area contributed by atoms with Gasteiger partial charge < -0.3 is 19.7 Å². The van der Waals surface area contributed by atoms with Crippen molar-refractivity contribution < 1.29 is 24.5 Å². The minimum Gasteiger partial charge on any atom is -0.508 e. The summed E-state index contributed by atoms with van der Waals surface area (Å²) in [6.07, 6.45) is 0. The van der Waals surface area contributed by atoms with Crippen molar-refractivity contribution in [2.75, 3.05) is 7.11 Å². The van der Waals surface area contributed by atoms with E-state index in [1.165, 1.54) is 43.5 Å². The molecule has 0 spiro atoms. The van der Waals surface area contributed by atoms with Crippen LogP contribution in [0.1, 0.15) is 10.4 Å². The van der Waals surface area contributed by atoms with Gasteiger partial charge in [0.05, 0.1) is 17.7 Å². The number of methoxy groups -OCH3 is 1. The number of phenols is 2. The van der Waals surface area contributed by atoms with Crippen molar-refractivity contribution in [2.45, 2.75) is 0 Å². The van der Waals surface area contributed by atoms with Gasteiger partial charge in [-0.15, -0.1) is 0 Å².